The van der Waals surface area contributed by atoms with Crippen molar-refractivity contribution in [3.8, 4) is 66.8 Å². The van der Waals surface area contributed by atoms with Gasteiger partial charge < -0.3 is 0 Å². The van der Waals surface area contributed by atoms with Crippen LogP contribution in [0.5, 0.6) is 0 Å². The van der Waals surface area contributed by atoms with Crippen molar-refractivity contribution in [1.82, 2.24) is 0 Å². The zero-order valence-electron chi connectivity index (χ0n) is 33.1. The Morgan fingerprint density at radius 1 is 0.305 bits per heavy atom. The quantitative estimate of drug-likeness (QED) is 0.164. The molecular weight excluding hydrogens is 709 g/mol. The Bertz CT molecular complexity index is 3250. The van der Waals surface area contributed by atoms with E-state index in [0.29, 0.717) is 0 Å². The third kappa shape index (κ3) is 4.84. The maximum Gasteiger partial charge on any atom is 0.0713 e. The molecule has 0 heterocycles. The van der Waals surface area contributed by atoms with E-state index in [0.717, 1.165) is 0 Å². The molecular formula is C59H40. The number of benzene rings is 10. The summed E-state index contributed by atoms with van der Waals surface area (Å²) in [5.41, 5.74) is 22.7. The second-order valence-corrected chi connectivity index (χ2v) is 16.5. The van der Waals surface area contributed by atoms with Crippen LogP contribution in [0.2, 0.25) is 0 Å². The zero-order valence-corrected chi connectivity index (χ0v) is 33.1. The van der Waals surface area contributed by atoms with Gasteiger partial charge in [0.05, 0.1) is 5.41 Å². The molecule has 0 N–H and O–H groups in total. The normalized spacial score (nSPS) is 13.1. The van der Waals surface area contributed by atoms with Crippen LogP contribution in [0.4, 0.5) is 0 Å². The Morgan fingerprint density at radius 3 is 1.41 bits per heavy atom. The van der Waals surface area contributed by atoms with E-state index in [9.17, 15) is 0 Å². The van der Waals surface area contributed by atoms with Crippen LogP contribution < -0.4 is 0 Å². The zero-order chi connectivity index (χ0) is 39.2. The van der Waals surface area contributed by atoms with Crippen molar-refractivity contribution >= 4 is 21.5 Å². The first kappa shape index (κ1) is 33.8. The number of rotatable bonds is 5. The number of hydrogen-bond acceptors (Lipinski definition) is 0. The molecule has 10 aromatic carbocycles. The fourth-order valence-corrected chi connectivity index (χ4v) is 10.6. The average Bonchev–Trinajstić information content (AvgIpc) is 3.78. The van der Waals surface area contributed by atoms with Gasteiger partial charge in [-0.3, -0.25) is 0 Å². The van der Waals surface area contributed by atoms with E-state index in [-0.39, 0.29) is 0 Å². The maximum atomic E-state index is 2.50. The molecule has 2 aliphatic rings. The monoisotopic (exact) mass is 748 g/mol. The molecule has 0 amide bonds. The maximum absolute atomic E-state index is 2.50. The van der Waals surface area contributed by atoms with Gasteiger partial charge in [0.2, 0.25) is 0 Å². The lowest BCUT2D eigenvalue weighted by molar-refractivity contribution is 0.768. The summed E-state index contributed by atoms with van der Waals surface area (Å²) >= 11 is 0. The molecule has 0 unspecified atom stereocenters. The Kier molecular flexibility index (Phi) is 7.38. The van der Waals surface area contributed by atoms with Crippen molar-refractivity contribution in [3.63, 3.8) is 0 Å². The Labute approximate surface area is 345 Å². The van der Waals surface area contributed by atoms with Crippen molar-refractivity contribution < 1.29 is 0 Å². The predicted octanol–water partition coefficient (Wildman–Crippen LogP) is 15.6. The molecule has 59 heavy (non-hydrogen) atoms. The van der Waals surface area contributed by atoms with Crippen molar-refractivity contribution in [3.05, 3.63) is 240 Å². The molecule has 0 saturated heterocycles. The van der Waals surface area contributed by atoms with E-state index in [1.54, 1.807) is 0 Å². The predicted molar refractivity (Wildman–Crippen MR) is 249 cm³/mol. The highest BCUT2D eigenvalue weighted by Gasteiger charge is 2.46. The van der Waals surface area contributed by atoms with Crippen molar-refractivity contribution in [2.24, 2.45) is 0 Å². The second-order valence-electron chi connectivity index (χ2n) is 16.5. The molecule has 0 nitrogen and oxygen atoms in total. The van der Waals surface area contributed by atoms with Gasteiger partial charge in [0.1, 0.15) is 0 Å². The van der Waals surface area contributed by atoms with Gasteiger partial charge in [-0.1, -0.05) is 205 Å². The lowest BCUT2D eigenvalue weighted by atomic mass is 9.67. The largest absolute Gasteiger partial charge is 0.0713 e. The van der Waals surface area contributed by atoms with E-state index in [4.69, 9.17) is 0 Å². The summed E-state index contributed by atoms with van der Waals surface area (Å²) < 4.78 is 0. The smallest absolute Gasteiger partial charge is 0.0622 e. The molecule has 0 bridgehead atoms. The first-order chi connectivity index (χ1) is 29.1. The minimum atomic E-state index is -0.471. The van der Waals surface area contributed by atoms with Crippen LogP contribution in [0.1, 0.15) is 33.4 Å². The SMILES string of the molecule is Cc1ccc(C2(c3ccc(C)cc3)c3ccccc3-c3ccc(-c4ccc5c(-c6ccccc6)c6c(c(-c7ccccc7)c5c4)-c4cccc5cccc-6c45)cc32)cc1. The third-order valence-electron chi connectivity index (χ3n) is 13.2. The van der Waals surface area contributed by atoms with E-state index in [1.165, 1.54) is 122 Å². The molecule has 0 aliphatic heterocycles. The molecule has 0 spiro atoms. The van der Waals surface area contributed by atoms with Crippen LogP contribution in [0.15, 0.2) is 206 Å². The fourth-order valence-electron chi connectivity index (χ4n) is 10.6. The lowest BCUT2D eigenvalue weighted by Crippen LogP contribution is -2.28. The molecule has 2 aliphatic carbocycles. The second kappa shape index (κ2) is 12.9. The topological polar surface area (TPSA) is 0 Å². The van der Waals surface area contributed by atoms with Gasteiger partial charge in [-0.25, -0.2) is 0 Å². The fraction of sp³-hybridized carbons (Fsp3) is 0.0508. The summed E-state index contributed by atoms with van der Waals surface area (Å²) in [5, 5.41) is 5.16. The molecule has 0 fully saturated rings. The minimum absolute atomic E-state index is 0.471. The highest BCUT2D eigenvalue weighted by Crippen LogP contribution is 2.59. The Balaban J connectivity index is 1.17. The average molecular weight is 749 g/mol. The molecule has 0 saturated carbocycles. The van der Waals surface area contributed by atoms with Gasteiger partial charge in [0, 0.05) is 0 Å². The van der Waals surface area contributed by atoms with Crippen LogP contribution in [0.25, 0.3) is 88.3 Å². The van der Waals surface area contributed by atoms with Crippen LogP contribution in [-0.2, 0) is 5.41 Å². The van der Waals surface area contributed by atoms with Crippen LogP contribution in [0, 0.1) is 13.8 Å². The molecule has 12 rings (SSSR count). The van der Waals surface area contributed by atoms with Crippen LogP contribution in [-0.4, -0.2) is 0 Å². The summed E-state index contributed by atoms with van der Waals surface area (Å²) in [5.74, 6) is 0. The molecule has 10 aromatic rings. The van der Waals surface area contributed by atoms with E-state index >= 15 is 0 Å². The molecule has 0 atom stereocenters. The van der Waals surface area contributed by atoms with Gasteiger partial charge >= 0.3 is 0 Å². The van der Waals surface area contributed by atoms with Gasteiger partial charge in [0.25, 0.3) is 0 Å². The van der Waals surface area contributed by atoms with E-state index < -0.39 is 5.41 Å². The van der Waals surface area contributed by atoms with Crippen molar-refractivity contribution in [2.45, 2.75) is 19.3 Å². The summed E-state index contributed by atoms with van der Waals surface area (Å²) in [7, 11) is 0. The summed E-state index contributed by atoms with van der Waals surface area (Å²) in [6.07, 6.45) is 0. The third-order valence-corrected chi connectivity index (χ3v) is 13.2. The first-order valence-electron chi connectivity index (χ1n) is 20.8. The lowest BCUT2D eigenvalue weighted by Gasteiger charge is -2.34. The van der Waals surface area contributed by atoms with E-state index in [2.05, 4.69) is 220 Å². The van der Waals surface area contributed by atoms with Gasteiger partial charge in [0.15, 0.2) is 0 Å². The van der Waals surface area contributed by atoms with Crippen molar-refractivity contribution in [2.75, 3.05) is 0 Å². The Morgan fingerprint density at radius 2 is 0.797 bits per heavy atom. The minimum Gasteiger partial charge on any atom is -0.0622 e. The van der Waals surface area contributed by atoms with Crippen LogP contribution >= 0.6 is 0 Å². The Hall–Kier alpha value is -7.28. The molecule has 0 heteroatoms. The van der Waals surface area contributed by atoms with Crippen molar-refractivity contribution in [1.29, 1.82) is 0 Å². The molecule has 0 aromatic heterocycles. The summed E-state index contributed by atoms with van der Waals surface area (Å²) in [6, 6.07) is 77.7. The first-order valence-corrected chi connectivity index (χ1v) is 20.8. The van der Waals surface area contributed by atoms with Crippen LogP contribution in [0.3, 0.4) is 0 Å². The summed E-state index contributed by atoms with van der Waals surface area (Å²) in [4.78, 5) is 0. The highest BCUT2D eigenvalue weighted by atomic mass is 14.5. The summed E-state index contributed by atoms with van der Waals surface area (Å²) in [6.45, 7) is 4.36. The van der Waals surface area contributed by atoms with Gasteiger partial charge in [-0.2, -0.15) is 0 Å². The highest BCUT2D eigenvalue weighted by molar-refractivity contribution is 6.27. The van der Waals surface area contributed by atoms with Gasteiger partial charge in [-0.15, -0.1) is 0 Å². The van der Waals surface area contributed by atoms with E-state index in [1.807, 2.05) is 0 Å². The standard InChI is InChI=1S/C59H40/c1-37-23-29-44(30-24-37)59(45-31-25-38(2)26-32-45)52-22-10-9-19-46(52)47-33-27-43(36-53(47)59)42-28-34-48-51(35-42)56(41-15-7-4-8-16-41)58-50-21-12-18-39-17-11-20-49(54(39)50)57(58)55(48)40-13-5-3-6-14-40/h3-36H,1-2H3. The molecule has 276 valence electrons. The number of hydrogen-bond donors (Lipinski definition) is 0. The molecule has 0 radical (unpaired) electrons. The van der Waals surface area contributed by atoms with Gasteiger partial charge in [-0.05, 0) is 137 Å². The number of aryl methyl sites for hydroxylation is 2. The number of fused-ring (bicyclic) bond motifs is 7.